The first-order chi connectivity index (χ1) is 5.80. The van der Waals surface area contributed by atoms with Crippen LogP contribution >= 0.6 is 11.6 Å². The van der Waals surface area contributed by atoms with E-state index in [1.807, 2.05) is 0 Å². The van der Waals surface area contributed by atoms with E-state index in [2.05, 4.69) is 9.78 Å². The Morgan fingerprint density at radius 3 is 1.92 bits per heavy atom. The maximum absolute atomic E-state index is 8.79. The van der Waals surface area contributed by atoms with Crippen molar-refractivity contribution >= 4 is 11.6 Å². The molecule has 1 aromatic carbocycles. The van der Waals surface area contributed by atoms with E-state index in [-0.39, 0.29) is 5.75 Å². The van der Waals surface area contributed by atoms with Crippen LogP contribution in [0.4, 0.5) is 0 Å². The van der Waals surface area contributed by atoms with Crippen molar-refractivity contribution in [2.45, 2.75) is 0 Å². The molecule has 1 aromatic rings. The summed E-state index contributed by atoms with van der Waals surface area (Å²) in [6.45, 7) is 1.56. The highest BCUT2D eigenvalue weighted by Crippen LogP contribution is 2.20. The second-order valence-corrected chi connectivity index (χ2v) is 2.50. The molecule has 1 N–H and O–H groups in total. The second-order valence-electron chi connectivity index (χ2n) is 2.10. The molecule has 0 aromatic heterocycles. The molecule has 0 aliphatic carbocycles. The fourth-order valence-corrected chi connectivity index (χ4v) is 0.671. The molecule has 4 heteroatoms. The normalized spacial score (nSPS) is 14.1. The molecule has 1 fully saturated rings. The number of halogens is 1. The highest BCUT2D eigenvalue weighted by molar-refractivity contribution is 6.31. The fourth-order valence-electron chi connectivity index (χ4n) is 0.535. The van der Waals surface area contributed by atoms with E-state index in [1.54, 1.807) is 24.3 Å². The van der Waals surface area contributed by atoms with E-state index in [0.717, 1.165) is 13.2 Å². The van der Waals surface area contributed by atoms with Gasteiger partial charge in [0.1, 0.15) is 19.0 Å². The average Bonchev–Trinajstić information content (AvgIpc) is 1.92. The zero-order chi connectivity index (χ0) is 8.81. The van der Waals surface area contributed by atoms with Gasteiger partial charge in [0.05, 0.1) is 5.02 Å². The van der Waals surface area contributed by atoms with Gasteiger partial charge in [-0.1, -0.05) is 23.7 Å². The Kier molecular flexibility index (Phi) is 3.87. The van der Waals surface area contributed by atoms with Crippen molar-refractivity contribution in [3.8, 4) is 5.75 Å². The number of rotatable bonds is 0. The van der Waals surface area contributed by atoms with Crippen LogP contribution in [-0.2, 0) is 9.78 Å². The zero-order valence-corrected chi connectivity index (χ0v) is 7.12. The van der Waals surface area contributed by atoms with Crippen LogP contribution in [0.5, 0.6) is 5.75 Å². The van der Waals surface area contributed by atoms with E-state index in [0.29, 0.717) is 5.02 Å². The van der Waals surface area contributed by atoms with E-state index in [4.69, 9.17) is 16.7 Å². The summed E-state index contributed by atoms with van der Waals surface area (Å²) in [5, 5.41) is 9.18. The minimum absolute atomic E-state index is 0.133. The summed E-state index contributed by atoms with van der Waals surface area (Å²) in [5.41, 5.74) is 0. The lowest BCUT2D eigenvalue weighted by Crippen LogP contribution is -2.14. The number of aromatic hydroxyl groups is 1. The summed E-state index contributed by atoms with van der Waals surface area (Å²) < 4.78 is 0. The number of hydrogen-bond donors (Lipinski definition) is 1. The second kappa shape index (κ2) is 4.98. The Labute approximate surface area is 75.4 Å². The maximum Gasteiger partial charge on any atom is 0.134 e. The van der Waals surface area contributed by atoms with Gasteiger partial charge in [-0.2, -0.15) is 0 Å². The van der Waals surface area contributed by atoms with Gasteiger partial charge in [-0.05, 0) is 12.1 Å². The van der Waals surface area contributed by atoms with Crippen molar-refractivity contribution in [2.24, 2.45) is 0 Å². The lowest BCUT2D eigenvalue weighted by molar-refractivity contribution is -0.382. The average molecular weight is 189 g/mol. The predicted molar refractivity (Wildman–Crippen MR) is 45.0 cm³/mol. The van der Waals surface area contributed by atoms with E-state index in [1.165, 1.54) is 0 Å². The summed E-state index contributed by atoms with van der Waals surface area (Å²) in [5.74, 6) is 0.133. The maximum atomic E-state index is 8.79. The molecule has 0 radical (unpaired) electrons. The molecule has 0 spiro atoms. The summed E-state index contributed by atoms with van der Waals surface area (Å²) in [6.07, 6.45) is 0. The molecule has 3 nitrogen and oxygen atoms in total. The minimum atomic E-state index is 0.133. The van der Waals surface area contributed by atoms with Gasteiger partial charge in [0.2, 0.25) is 0 Å². The van der Waals surface area contributed by atoms with Crippen LogP contribution in [0.2, 0.25) is 5.02 Å². The zero-order valence-electron chi connectivity index (χ0n) is 6.37. The fraction of sp³-hybridized carbons (Fsp3) is 0.250. The van der Waals surface area contributed by atoms with Gasteiger partial charge in [-0.15, -0.1) is 0 Å². The van der Waals surface area contributed by atoms with E-state index < -0.39 is 0 Å². The van der Waals surface area contributed by atoms with Gasteiger partial charge in [0, 0.05) is 0 Å². The van der Waals surface area contributed by atoms with Crippen LogP contribution in [0.15, 0.2) is 24.3 Å². The molecule has 0 atom stereocenters. The van der Waals surface area contributed by atoms with Crippen molar-refractivity contribution in [1.82, 2.24) is 0 Å². The van der Waals surface area contributed by atoms with Crippen molar-refractivity contribution in [1.29, 1.82) is 0 Å². The van der Waals surface area contributed by atoms with E-state index >= 15 is 0 Å². The summed E-state index contributed by atoms with van der Waals surface area (Å²) in [4.78, 5) is 8.44. The number of hydrogen-bond acceptors (Lipinski definition) is 3. The Hall–Kier alpha value is -0.770. The van der Waals surface area contributed by atoms with Gasteiger partial charge in [0.25, 0.3) is 0 Å². The third kappa shape index (κ3) is 3.09. The lowest BCUT2D eigenvalue weighted by atomic mass is 10.3. The SMILES string of the molecule is C1COO1.Oc1ccccc1Cl. The standard InChI is InChI=1S/C6H5ClO.C2H4O2/c7-5-3-1-2-4-6(5)8;1-2-4-3-1/h1-4,8H;1-2H2. The lowest BCUT2D eigenvalue weighted by Gasteiger charge is -2.08. The molecule has 2 rings (SSSR count). The van der Waals surface area contributed by atoms with Crippen LogP contribution in [0.3, 0.4) is 0 Å². The third-order valence-electron chi connectivity index (χ3n) is 1.19. The molecule has 0 unspecified atom stereocenters. The minimum Gasteiger partial charge on any atom is -0.506 e. The molecule has 12 heavy (non-hydrogen) atoms. The molecular weight excluding hydrogens is 180 g/mol. The quantitative estimate of drug-likeness (QED) is 0.633. The molecule has 1 aliphatic rings. The predicted octanol–water partition coefficient (Wildman–Crippen LogP) is 1.99. The van der Waals surface area contributed by atoms with Crippen LogP contribution < -0.4 is 0 Å². The number of para-hydroxylation sites is 1. The summed E-state index contributed by atoms with van der Waals surface area (Å²) >= 11 is 5.46. The largest absolute Gasteiger partial charge is 0.506 e. The van der Waals surface area contributed by atoms with Crippen molar-refractivity contribution in [3.63, 3.8) is 0 Å². The van der Waals surface area contributed by atoms with Crippen molar-refractivity contribution < 1.29 is 14.9 Å². The molecule has 1 heterocycles. The highest BCUT2D eigenvalue weighted by Gasteiger charge is 1.95. The highest BCUT2D eigenvalue weighted by atomic mass is 35.5. The van der Waals surface area contributed by atoms with Crippen LogP contribution in [0, 0.1) is 0 Å². The first-order valence-electron chi connectivity index (χ1n) is 3.48. The molecule has 0 amide bonds. The third-order valence-corrected chi connectivity index (χ3v) is 1.51. The van der Waals surface area contributed by atoms with Gasteiger partial charge in [0.15, 0.2) is 0 Å². The van der Waals surface area contributed by atoms with E-state index in [9.17, 15) is 0 Å². The molecule has 66 valence electrons. The van der Waals surface area contributed by atoms with Crippen LogP contribution in [0.1, 0.15) is 0 Å². The van der Waals surface area contributed by atoms with Gasteiger partial charge in [-0.25, -0.2) is 9.78 Å². The van der Waals surface area contributed by atoms with Crippen LogP contribution in [0.25, 0.3) is 0 Å². The molecule has 0 saturated carbocycles. The van der Waals surface area contributed by atoms with Crippen molar-refractivity contribution in [2.75, 3.05) is 13.2 Å². The first kappa shape index (κ1) is 9.32. The van der Waals surface area contributed by atoms with Crippen LogP contribution in [-0.4, -0.2) is 18.3 Å². The Morgan fingerprint density at radius 1 is 1.17 bits per heavy atom. The first-order valence-corrected chi connectivity index (χ1v) is 3.86. The molecule has 0 bridgehead atoms. The molecule has 1 aliphatic heterocycles. The number of benzene rings is 1. The monoisotopic (exact) mass is 188 g/mol. The molecular formula is C8H9ClO3. The van der Waals surface area contributed by atoms with Gasteiger partial charge in [-0.3, -0.25) is 0 Å². The van der Waals surface area contributed by atoms with Crippen molar-refractivity contribution in [3.05, 3.63) is 29.3 Å². The summed E-state index contributed by atoms with van der Waals surface area (Å²) in [6, 6.07) is 6.67. The number of phenolic OH excluding ortho intramolecular Hbond substituents is 1. The summed E-state index contributed by atoms with van der Waals surface area (Å²) in [7, 11) is 0. The number of phenols is 1. The Bertz CT molecular complexity index is 210. The van der Waals surface area contributed by atoms with Gasteiger partial charge >= 0.3 is 0 Å². The Morgan fingerprint density at radius 2 is 1.67 bits per heavy atom. The molecule has 1 saturated heterocycles. The Balaban J connectivity index is 0.000000150. The van der Waals surface area contributed by atoms with Gasteiger partial charge < -0.3 is 5.11 Å². The topological polar surface area (TPSA) is 38.7 Å². The smallest absolute Gasteiger partial charge is 0.134 e.